The summed E-state index contributed by atoms with van der Waals surface area (Å²) >= 11 is 6.02. The number of aliphatic imine (C=N–C) groups is 1. The number of nitrogens with one attached hydrogen (secondary N) is 3. The summed E-state index contributed by atoms with van der Waals surface area (Å²) in [4.78, 5) is 20.9. The van der Waals surface area contributed by atoms with Crippen molar-refractivity contribution in [1.29, 1.82) is 0 Å². The van der Waals surface area contributed by atoms with Crippen molar-refractivity contribution in [1.82, 2.24) is 20.9 Å². The molecule has 0 aliphatic carbocycles. The van der Waals surface area contributed by atoms with Crippen LogP contribution in [0.5, 0.6) is 0 Å². The van der Waals surface area contributed by atoms with E-state index in [4.69, 9.17) is 11.6 Å². The summed E-state index contributed by atoms with van der Waals surface area (Å²) in [7, 11) is 0. The number of benzene rings is 1. The first kappa shape index (κ1) is 19.7. The molecule has 0 bridgehead atoms. The number of carbonyl (C=O) groups is 1. The van der Waals surface area contributed by atoms with Crippen LogP contribution in [-0.4, -0.2) is 43.0 Å². The Morgan fingerprint density at radius 3 is 2.58 bits per heavy atom. The molecule has 1 amide bonds. The summed E-state index contributed by atoms with van der Waals surface area (Å²) in [6, 6.07) is 12.8. The molecule has 0 aliphatic heterocycles. The molecule has 7 heteroatoms. The van der Waals surface area contributed by atoms with Crippen LogP contribution in [0.15, 0.2) is 53.7 Å². The lowest BCUT2D eigenvalue weighted by Crippen LogP contribution is -2.41. The van der Waals surface area contributed by atoms with Gasteiger partial charge in [-0.1, -0.05) is 29.8 Å². The molecule has 26 heavy (non-hydrogen) atoms. The molecule has 0 atom stereocenters. The third-order valence-corrected chi connectivity index (χ3v) is 3.86. The predicted octanol–water partition coefficient (Wildman–Crippen LogP) is 2.26. The number of pyridine rings is 1. The van der Waals surface area contributed by atoms with Gasteiger partial charge in [0.1, 0.15) is 0 Å². The standard InChI is InChI=1S/C19H24ClN5O/c1-2-21-19(24-12-10-15-7-5-6-11-22-15)25-14-13-23-18(26)16-8-3-4-9-17(16)20/h3-9,11H,2,10,12-14H2,1H3,(H,23,26)(H2,21,24,25). The summed E-state index contributed by atoms with van der Waals surface area (Å²) in [5, 5.41) is 9.67. The first-order chi connectivity index (χ1) is 12.7. The van der Waals surface area contributed by atoms with Crippen molar-refractivity contribution >= 4 is 23.5 Å². The lowest BCUT2D eigenvalue weighted by atomic mass is 10.2. The molecule has 1 aromatic carbocycles. The fourth-order valence-corrected chi connectivity index (χ4v) is 2.49. The van der Waals surface area contributed by atoms with Gasteiger partial charge in [0, 0.05) is 44.5 Å². The second-order valence-corrected chi connectivity index (χ2v) is 5.90. The van der Waals surface area contributed by atoms with E-state index < -0.39 is 0 Å². The largest absolute Gasteiger partial charge is 0.357 e. The molecule has 0 saturated carbocycles. The van der Waals surface area contributed by atoms with Crippen molar-refractivity contribution in [3.8, 4) is 0 Å². The lowest BCUT2D eigenvalue weighted by molar-refractivity contribution is 0.0954. The van der Waals surface area contributed by atoms with Gasteiger partial charge in [-0.15, -0.1) is 0 Å². The zero-order valence-corrected chi connectivity index (χ0v) is 15.6. The number of aromatic nitrogens is 1. The first-order valence-corrected chi connectivity index (χ1v) is 9.03. The van der Waals surface area contributed by atoms with Crippen LogP contribution in [0, 0.1) is 0 Å². The van der Waals surface area contributed by atoms with E-state index in [9.17, 15) is 4.79 Å². The number of amides is 1. The molecule has 2 aromatic rings. The van der Waals surface area contributed by atoms with Gasteiger partial charge >= 0.3 is 0 Å². The van der Waals surface area contributed by atoms with E-state index in [0.29, 0.717) is 30.2 Å². The zero-order chi connectivity index (χ0) is 18.6. The molecule has 0 unspecified atom stereocenters. The molecular weight excluding hydrogens is 350 g/mol. The van der Waals surface area contributed by atoms with Crippen molar-refractivity contribution < 1.29 is 4.79 Å². The first-order valence-electron chi connectivity index (χ1n) is 8.65. The second kappa shape index (κ2) is 11.1. The van der Waals surface area contributed by atoms with Gasteiger partial charge in [-0.2, -0.15) is 0 Å². The van der Waals surface area contributed by atoms with E-state index in [-0.39, 0.29) is 5.91 Å². The molecule has 6 nitrogen and oxygen atoms in total. The van der Waals surface area contributed by atoms with Crippen molar-refractivity contribution in [2.75, 3.05) is 26.2 Å². The van der Waals surface area contributed by atoms with Crippen LogP contribution >= 0.6 is 11.6 Å². The molecule has 0 saturated heterocycles. The quantitative estimate of drug-likeness (QED) is 0.377. The van der Waals surface area contributed by atoms with E-state index in [2.05, 4.69) is 25.9 Å². The Morgan fingerprint density at radius 1 is 1.08 bits per heavy atom. The van der Waals surface area contributed by atoms with Crippen molar-refractivity contribution in [2.45, 2.75) is 13.3 Å². The van der Waals surface area contributed by atoms with Gasteiger partial charge in [0.15, 0.2) is 5.96 Å². The van der Waals surface area contributed by atoms with Gasteiger partial charge in [-0.3, -0.25) is 14.8 Å². The highest BCUT2D eigenvalue weighted by atomic mass is 35.5. The molecule has 1 heterocycles. The summed E-state index contributed by atoms with van der Waals surface area (Å²) in [6.45, 7) is 4.44. The Kier molecular flexibility index (Phi) is 8.42. The molecule has 0 spiro atoms. The van der Waals surface area contributed by atoms with E-state index in [0.717, 1.165) is 24.6 Å². The number of guanidine groups is 1. The van der Waals surface area contributed by atoms with Gasteiger partial charge < -0.3 is 16.0 Å². The lowest BCUT2D eigenvalue weighted by Gasteiger charge is -2.12. The van der Waals surface area contributed by atoms with Gasteiger partial charge in [0.25, 0.3) is 5.91 Å². The third-order valence-electron chi connectivity index (χ3n) is 3.53. The highest BCUT2D eigenvalue weighted by molar-refractivity contribution is 6.33. The van der Waals surface area contributed by atoms with E-state index in [1.54, 1.807) is 30.5 Å². The topological polar surface area (TPSA) is 78.4 Å². The fourth-order valence-electron chi connectivity index (χ4n) is 2.27. The van der Waals surface area contributed by atoms with Crippen molar-refractivity contribution in [2.24, 2.45) is 4.99 Å². The number of hydrogen-bond acceptors (Lipinski definition) is 3. The van der Waals surface area contributed by atoms with Gasteiger partial charge in [0.2, 0.25) is 0 Å². The molecular formula is C19H24ClN5O. The van der Waals surface area contributed by atoms with Crippen LogP contribution in [0.1, 0.15) is 23.0 Å². The molecule has 0 aliphatic rings. The van der Waals surface area contributed by atoms with Crippen LogP contribution in [0.2, 0.25) is 5.02 Å². The van der Waals surface area contributed by atoms with Gasteiger partial charge in [0.05, 0.1) is 10.6 Å². The number of nitrogens with zero attached hydrogens (tertiary/aromatic N) is 2. The summed E-state index contributed by atoms with van der Waals surface area (Å²) < 4.78 is 0. The van der Waals surface area contributed by atoms with Crippen LogP contribution < -0.4 is 16.0 Å². The molecule has 2 rings (SSSR count). The van der Waals surface area contributed by atoms with E-state index in [1.165, 1.54) is 0 Å². The Morgan fingerprint density at radius 2 is 1.85 bits per heavy atom. The third kappa shape index (κ3) is 6.72. The monoisotopic (exact) mass is 373 g/mol. The minimum Gasteiger partial charge on any atom is -0.357 e. The maximum absolute atomic E-state index is 12.1. The minimum absolute atomic E-state index is 0.186. The smallest absolute Gasteiger partial charge is 0.252 e. The maximum atomic E-state index is 12.1. The van der Waals surface area contributed by atoms with Crippen LogP contribution in [0.25, 0.3) is 0 Å². The molecule has 0 radical (unpaired) electrons. The highest BCUT2D eigenvalue weighted by Gasteiger charge is 2.08. The Balaban J connectivity index is 1.74. The Bertz CT molecular complexity index is 721. The maximum Gasteiger partial charge on any atom is 0.252 e. The van der Waals surface area contributed by atoms with Crippen LogP contribution in [-0.2, 0) is 6.42 Å². The van der Waals surface area contributed by atoms with Crippen LogP contribution in [0.3, 0.4) is 0 Å². The predicted molar refractivity (Wildman–Crippen MR) is 106 cm³/mol. The van der Waals surface area contributed by atoms with Crippen molar-refractivity contribution in [3.05, 3.63) is 64.9 Å². The Labute approximate surface area is 159 Å². The van der Waals surface area contributed by atoms with Crippen LogP contribution in [0.4, 0.5) is 0 Å². The van der Waals surface area contributed by atoms with E-state index >= 15 is 0 Å². The average molecular weight is 374 g/mol. The van der Waals surface area contributed by atoms with Gasteiger partial charge in [-0.25, -0.2) is 0 Å². The van der Waals surface area contributed by atoms with Crippen molar-refractivity contribution in [3.63, 3.8) is 0 Å². The molecule has 0 fully saturated rings. The number of hydrogen-bond donors (Lipinski definition) is 3. The second-order valence-electron chi connectivity index (χ2n) is 5.49. The highest BCUT2D eigenvalue weighted by Crippen LogP contribution is 2.14. The zero-order valence-electron chi connectivity index (χ0n) is 14.8. The van der Waals surface area contributed by atoms with E-state index in [1.807, 2.05) is 25.1 Å². The number of carbonyl (C=O) groups excluding carboxylic acids is 1. The SMILES string of the molecule is CCNC(=NCCc1ccccn1)NCCNC(=O)c1ccccc1Cl. The normalized spacial score (nSPS) is 11.1. The fraction of sp³-hybridized carbons (Fsp3) is 0.316. The molecule has 138 valence electrons. The molecule has 1 aromatic heterocycles. The summed E-state index contributed by atoms with van der Waals surface area (Å²) in [5.74, 6) is 0.532. The van der Waals surface area contributed by atoms with Gasteiger partial charge in [-0.05, 0) is 31.2 Å². The number of halogens is 1. The summed E-state index contributed by atoms with van der Waals surface area (Å²) in [5.41, 5.74) is 1.49. The minimum atomic E-state index is -0.186. The average Bonchev–Trinajstić information content (AvgIpc) is 2.66. The molecule has 3 N–H and O–H groups in total. The Hall–Kier alpha value is -2.60. The number of rotatable bonds is 8. The summed E-state index contributed by atoms with van der Waals surface area (Å²) in [6.07, 6.45) is 2.56.